The Hall–Kier alpha value is -2.34. The number of ether oxygens (including phenoxy) is 2. The van der Waals surface area contributed by atoms with E-state index in [1.807, 2.05) is 18.2 Å². The van der Waals surface area contributed by atoms with Crippen LogP contribution in [0.2, 0.25) is 0 Å². The molecule has 2 aromatic rings. The molecular formula is C19H25N3O3. The Labute approximate surface area is 148 Å². The number of carbonyl (C=O) groups excluding carboxylic acids is 1. The number of nitrogens with one attached hydrogen (secondary N) is 1. The van der Waals surface area contributed by atoms with Crippen LogP contribution in [0.5, 0.6) is 11.5 Å². The fourth-order valence-corrected chi connectivity index (χ4v) is 3.35. The van der Waals surface area contributed by atoms with E-state index in [2.05, 4.69) is 15.2 Å². The van der Waals surface area contributed by atoms with Crippen molar-refractivity contribution in [2.75, 3.05) is 33.9 Å². The SMILES string of the molecule is COc1ccc(OC)c2c(CNC(=O)CN3CCCCC3)nccc12. The van der Waals surface area contributed by atoms with Crippen LogP contribution in [-0.4, -0.2) is 49.6 Å². The number of benzene rings is 1. The molecule has 6 nitrogen and oxygen atoms in total. The number of pyridine rings is 1. The number of nitrogens with zero attached hydrogens (tertiary/aromatic N) is 2. The van der Waals surface area contributed by atoms with Crippen LogP contribution in [0.15, 0.2) is 24.4 Å². The number of carbonyl (C=O) groups is 1. The van der Waals surface area contributed by atoms with E-state index in [9.17, 15) is 4.79 Å². The largest absolute Gasteiger partial charge is 0.496 e. The van der Waals surface area contributed by atoms with Crippen LogP contribution < -0.4 is 14.8 Å². The maximum Gasteiger partial charge on any atom is 0.234 e. The second kappa shape index (κ2) is 8.16. The quantitative estimate of drug-likeness (QED) is 0.872. The van der Waals surface area contributed by atoms with Gasteiger partial charge in [-0.2, -0.15) is 0 Å². The molecule has 2 heterocycles. The molecule has 1 fully saturated rings. The van der Waals surface area contributed by atoms with Crippen molar-refractivity contribution in [1.82, 2.24) is 15.2 Å². The average molecular weight is 343 g/mol. The van der Waals surface area contributed by atoms with Crippen molar-refractivity contribution in [3.05, 3.63) is 30.1 Å². The predicted octanol–water partition coefficient (Wildman–Crippen LogP) is 2.35. The van der Waals surface area contributed by atoms with Crippen molar-refractivity contribution in [2.24, 2.45) is 0 Å². The van der Waals surface area contributed by atoms with E-state index < -0.39 is 0 Å². The number of fused-ring (bicyclic) bond motifs is 1. The zero-order valence-corrected chi connectivity index (χ0v) is 14.9. The number of hydrogen-bond donors (Lipinski definition) is 1. The van der Waals surface area contributed by atoms with Crippen LogP contribution >= 0.6 is 0 Å². The van der Waals surface area contributed by atoms with Gasteiger partial charge in [-0.1, -0.05) is 6.42 Å². The van der Waals surface area contributed by atoms with Gasteiger partial charge in [0, 0.05) is 11.6 Å². The van der Waals surface area contributed by atoms with Gasteiger partial charge < -0.3 is 14.8 Å². The molecule has 0 bridgehead atoms. The van der Waals surface area contributed by atoms with Gasteiger partial charge in [0.05, 0.1) is 38.4 Å². The maximum atomic E-state index is 12.3. The summed E-state index contributed by atoms with van der Waals surface area (Å²) in [7, 11) is 3.27. The first-order valence-corrected chi connectivity index (χ1v) is 8.70. The van der Waals surface area contributed by atoms with Crippen LogP contribution in [0.3, 0.4) is 0 Å². The van der Waals surface area contributed by atoms with E-state index in [4.69, 9.17) is 9.47 Å². The summed E-state index contributed by atoms with van der Waals surface area (Å²) in [6.07, 6.45) is 5.35. The van der Waals surface area contributed by atoms with E-state index in [1.54, 1.807) is 20.4 Å². The highest BCUT2D eigenvalue weighted by Crippen LogP contribution is 2.34. The van der Waals surface area contributed by atoms with E-state index in [1.165, 1.54) is 19.3 Å². The lowest BCUT2D eigenvalue weighted by Gasteiger charge is -2.25. The Bertz CT molecular complexity index is 742. The third-order valence-electron chi connectivity index (χ3n) is 4.64. The van der Waals surface area contributed by atoms with Crippen molar-refractivity contribution in [1.29, 1.82) is 0 Å². The molecule has 1 amide bonds. The number of piperidine rings is 1. The molecule has 6 heteroatoms. The number of likely N-dealkylation sites (tertiary alicyclic amines) is 1. The first kappa shape index (κ1) is 17.5. The van der Waals surface area contributed by atoms with Crippen molar-refractivity contribution >= 4 is 16.7 Å². The highest BCUT2D eigenvalue weighted by atomic mass is 16.5. The summed E-state index contributed by atoms with van der Waals surface area (Å²) in [5, 5.41) is 4.79. The summed E-state index contributed by atoms with van der Waals surface area (Å²) < 4.78 is 10.9. The number of amides is 1. The summed E-state index contributed by atoms with van der Waals surface area (Å²) in [6.45, 7) is 2.83. The smallest absolute Gasteiger partial charge is 0.234 e. The molecule has 1 N–H and O–H groups in total. The van der Waals surface area contributed by atoms with Gasteiger partial charge in [0.15, 0.2) is 0 Å². The Morgan fingerprint density at radius 2 is 1.84 bits per heavy atom. The molecule has 25 heavy (non-hydrogen) atoms. The maximum absolute atomic E-state index is 12.3. The van der Waals surface area contributed by atoms with Crippen LogP contribution in [0.1, 0.15) is 25.0 Å². The molecular weight excluding hydrogens is 318 g/mol. The fraction of sp³-hybridized carbons (Fsp3) is 0.474. The Balaban J connectivity index is 1.75. The molecule has 1 aromatic carbocycles. The highest BCUT2D eigenvalue weighted by molar-refractivity contribution is 5.95. The van der Waals surface area contributed by atoms with E-state index in [0.29, 0.717) is 13.1 Å². The second-order valence-electron chi connectivity index (χ2n) is 6.26. The third kappa shape index (κ3) is 4.02. The number of rotatable bonds is 6. The first-order chi connectivity index (χ1) is 12.2. The van der Waals surface area contributed by atoms with E-state index >= 15 is 0 Å². The first-order valence-electron chi connectivity index (χ1n) is 8.70. The minimum absolute atomic E-state index is 0.0302. The lowest BCUT2D eigenvalue weighted by Crippen LogP contribution is -2.39. The molecule has 0 aliphatic carbocycles. The summed E-state index contributed by atoms with van der Waals surface area (Å²) >= 11 is 0. The molecule has 0 atom stereocenters. The van der Waals surface area contributed by atoms with Crippen molar-refractivity contribution < 1.29 is 14.3 Å². The van der Waals surface area contributed by atoms with Gasteiger partial charge in [-0.3, -0.25) is 14.7 Å². The summed E-state index contributed by atoms with van der Waals surface area (Å²) in [5.41, 5.74) is 0.778. The molecule has 1 aliphatic heterocycles. The molecule has 0 radical (unpaired) electrons. The Morgan fingerprint density at radius 3 is 2.56 bits per heavy atom. The van der Waals surface area contributed by atoms with Crippen molar-refractivity contribution in [2.45, 2.75) is 25.8 Å². The minimum atomic E-state index is 0.0302. The normalized spacial score (nSPS) is 15.1. The third-order valence-corrected chi connectivity index (χ3v) is 4.64. The minimum Gasteiger partial charge on any atom is -0.496 e. The molecule has 1 aliphatic rings. The predicted molar refractivity (Wildman–Crippen MR) is 97.0 cm³/mol. The second-order valence-corrected chi connectivity index (χ2v) is 6.26. The lowest BCUT2D eigenvalue weighted by atomic mass is 10.1. The van der Waals surface area contributed by atoms with Gasteiger partial charge in [-0.25, -0.2) is 0 Å². The zero-order chi connectivity index (χ0) is 17.6. The van der Waals surface area contributed by atoms with Gasteiger partial charge in [0.1, 0.15) is 11.5 Å². The molecule has 1 aromatic heterocycles. The van der Waals surface area contributed by atoms with Gasteiger partial charge in [-0.15, -0.1) is 0 Å². The molecule has 134 valence electrons. The monoisotopic (exact) mass is 343 g/mol. The Morgan fingerprint density at radius 1 is 1.12 bits per heavy atom. The molecule has 0 spiro atoms. The zero-order valence-electron chi connectivity index (χ0n) is 14.9. The number of hydrogen-bond acceptors (Lipinski definition) is 5. The lowest BCUT2D eigenvalue weighted by molar-refractivity contribution is -0.122. The van der Waals surface area contributed by atoms with Gasteiger partial charge in [0.2, 0.25) is 5.91 Å². The summed E-state index contributed by atoms with van der Waals surface area (Å²) in [5.74, 6) is 1.52. The van der Waals surface area contributed by atoms with Crippen LogP contribution in [0.4, 0.5) is 0 Å². The Kier molecular flexibility index (Phi) is 5.71. The van der Waals surface area contributed by atoms with E-state index in [-0.39, 0.29) is 5.91 Å². The standard InChI is InChI=1S/C19H25N3O3/c1-24-16-6-7-17(25-2)19-14(16)8-9-20-15(19)12-21-18(23)13-22-10-4-3-5-11-22/h6-9H,3-5,10-13H2,1-2H3,(H,21,23). The molecule has 0 saturated carbocycles. The molecule has 0 unspecified atom stereocenters. The number of methoxy groups -OCH3 is 2. The van der Waals surface area contributed by atoms with Crippen LogP contribution in [-0.2, 0) is 11.3 Å². The summed E-state index contributed by atoms with van der Waals surface area (Å²) in [6, 6.07) is 5.64. The topological polar surface area (TPSA) is 63.7 Å². The molecule has 3 rings (SSSR count). The van der Waals surface area contributed by atoms with Gasteiger partial charge in [0.25, 0.3) is 0 Å². The van der Waals surface area contributed by atoms with Gasteiger partial charge in [-0.05, 0) is 44.1 Å². The average Bonchev–Trinajstić information content (AvgIpc) is 2.66. The van der Waals surface area contributed by atoms with Crippen molar-refractivity contribution in [3.63, 3.8) is 0 Å². The number of aromatic nitrogens is 1. The molecule has 1 saturated heterocycles. The van der Waals surface area contributed by atoms with E-state index in [0.717, 1.165) is 41.1 Å². The fourth-order valence-electron chi connectivity index (χ4n) is 3.35. The van der Waals surface area contributed by atoms with Crippen LogP contribution in [0.25, 0.3) is 10.8 Å². The highest BCUT2D eigenvalue weighted by Gasteiger charge is 2.16. The van der Waals surface area contributed by atoms with Crippen molar-refractivity contribution in [3.8, 4) is 11.5 Å². The van der Waals surface area contributed by atoms with Crippen LogP contribution in [0, 0.1) is 0 Å². The summed E-state index contributed by atoms with van der Waals surface area (Å²) in [4.78, 5) is 18.9. The van der Waals surface area contributed by atoms with Gasteiger partial charge >= 0.3 is 0 Å².